The van der Waals surface area contributed by atoms with Crippen molar-refractivity contribution in [1.29, 1.82) is 0 Å². The van der Waals surface area contributed by atoms with Gasteiger partial charge in [-0.05, 0) is 0 Å². The highest BCUT2D eigenvalue weighted by molar-refractivity contribution is 6.67. The van der Waals surface area contributed by atoms with E-state index in [0.717, 1.165) is 0 Å². The summed E-state index contributed by atoms with van der Waals surface area (Å²) < 4.78 is 2.93. The van der Waals surface area contributed by atoms with Gasteiger partial charge in [0.05, 0.1) is 6.10 Å². The minimum absolute atomic E-state index is 0.126. The van der Waals surface area contributed by atoms with Gasteiger partial charge < -0.3 is 9.84 Å². The molecule has 0 aromatic rings. The lowest BCUT2D eigenvalue weighted by atomic mass is 10.5. The summed E-state index contributed by atoms with van der Waals surface area (Å²) >= 11 is 26.8. The van der Waals surface area contributed by atoms with Gasteiger partial charge in [0, 0.05) is 11.8 Å². The van der Waals surface area contributed by atoms with Gasteiger partial charge in [0.1, 0.15) is 0 Å². The number of aliphatic hydroxyl groups excluding tert-OH is 1. The van der Waals surface area contributed by atoms with E-state index in [1.807, 2.05) is 0 Å². The molecule has 0 aliphatic carbocycles. The first kappa shape index (κ1) is 13.4. The van der Waals surface area contributed by atoms with E-state index in [1.165, 1.54) is 0 Å². The van der Waals surface area contributed by atoms with E-state index >= 15 is 0 Å². The summed E-state index contributed by atoms with van der Waals surface area (Å²) in [5.41, 5.74) is 0. The average Bonchev–Trinajstić information content (AvgIpc) is 1.97. The monoisotopic (exact) mass is 274 g/mol. The van der Waals surface area contributed by atoms with Crippen LogP contribution in [0.3, 0.4) is 0 Å². The molecule has 7 heteroatoms. The molecule has 1 N–H and O–H groups in total. The van der Waals surface area contributed by atoms with Crippen LogP contribution in [0.25, 0.3) is 0 Å². The SMILES string of the molecule is OC(OC(CCl)CCl)C(Cl)(Cl)Cl. The van der Waals surface area contributed by atoms with Crippen LogP contribution in [0.5, 0.6) is 0 Å². The summed E-state index contributed by atoms with van der Waals surface area (Å²) in [4.78, 5) is 0. The number of aliphatic hydroxyl groups is 1. The van der Waals surface area contributed by atoms with Crippen LogP contribution in [0.1, 0.15) is 0 Å². The number of rotatable bonds is 4. The topological polar surface area (TPSA) is 29.5 Å². The Morgan fingerprint density at radius 1 is 1.17 bits per heavy atom. The summed E-state index contributed by atoms with van der Waals surface area (Å²) in [5.74, 6) is 0.253. The zero-order chi connectivity index (χ0) is 9.78. The van der Waals surface area contributed by atoms with E-state index < -0.39 is 16.2 Å². The molecule has 2 nitrogen and oxygen atoms in total. The number of ether oxygens (including phenoxy) is 1. The highest BCUT2D eigenvalue weighted by Gasteiger charge is 2.33. The van der Waals surface area contributed by atoms with Crippen LogP contribution in [0, 0.1) is 0 Å². The number of hydrogen-bond donors (Lipinski definition) is 1. The van der Waals surface area contributed by atoms with Crippen molar-refractivity contribution in [1.82, 2.24) is 0 Å². The maximum Gasteiger partial charge on any atom is 0.240 e. The quantitative estimate of drug-likeness (QED) is 0.631. The Hall–Kier alpha value is 1.37. The summed E-state index contributed by atoms with van der Waals surface area (Å²) in [6, 6.07) is 0. The normalized spacial score (nSPS) is 15.2. The van der Waals surface area contributed by atoms with Crippen LogP contribution in [-0.4, -0.2) is 33.1 Å². The predicted octanol–water partition coefficient (Wildman–Crippen LogP) is 2.54. The van der Waals surface area contributed by atoms with E-state index in [0.29, 0.717) is 0 Å². The smallest absolute Gasteiger partial charge is 0.240 e. The van der Waals surface area contributed by atoms with Crippen molar-refractivity contribution < 1.29 is 9.84 Å². The van der Waals surface area contributed by atoms with E-state index in [4.69, 9.17) is 67.8 Å². The van der Waals surface area contributed by atoms with Crippen LogP contribution < -0.4 is 0 Å². The lowest BCUT2D eigenvalue weighted by Gasteiger charge is -2.22. The molecule has 0 aromatic heterocycles. The van der Waals surface area contributed by atoms with Gasteiger partial charge in [-0.15, -0.1) is 23.2 Å². The summed E-state index contributed by atoms with van der Waals surface area (Å²) in [6.07, 6.45) is -2.05. The Kier molecular flexibility index (Phi) is 6.65. The Balaban J connectivity index is 3.90. The van der Waals surface area contributed by atoms with Crippen LogP contribution >= 0.6 is 58.0 Å². The van der Waals surface area contributed by atoms with Gasteiger partial charge in [0.15, 0.2) is 0 Å². The minimum atomic E-state index is -1.88. The number of alkyl halides is 5. The van der Waals surface area contributed by atoms with Gasteiger partial charge in [-0.3, -0.25) is 0 Å². The Bertz CT molecular complexity index is 121. The first-order valence-corrected chi connectivity index (χ1v) is 5.14. The molecule has 74 valence electrons. The van der Waals surface area contributed by atoms with Crippen molar-refractivity contribution >= 4 is 58.0 Å². The van der Waals surface area contributed by atoms with E-state index in [9.17, 15) is 0 Å². The van der Waals surface area contributed by atoms with Crippen molar-refractivity contribution in [2.45, 2.75) is 16.2 Å². The van der Waals surface area contributed by atoms with Crippen molar-refractivity contribution in [3.05, 3.63) is 0 Å². The molecule has 0 bridgehead atoms. The fourth-order valence-corrected chi connectivity index (χ4v) is 1.00. The third-order valence-electron chi connectivity index (χ3n) is 0.946. The first-order valence-electron chi connectivity index (χ1n) is 2.94. The fourth-order valence-electron chi connectivity index (χ4n) is 0.373. The molecule has 0 fully saturated rings. The number of hydrogen-bond acceptors (Lipinski definition) is 2. The maximum absolute atomic E-state index is 9.08. The largest absolute Gasteiger partial charge is 0.365 e. The molecular formula is C5H7Cl5O2. The molecule has 0 rings (SSSR count). The fraction of sp³-hybridized carbons (Fsp3) is 1.00. The molecule has 0 aromatic carbocycles. The van der Waals surface area contributed by atoms with Crippen molar-refractivity contribution in [2.24, 2.45) is 0 Å². The second-order valence-corrected chi connectivity index (χ2v) is 4.95. The second kappa shape index (κ2) is 5.97. The Morgan fingerprint density at radius 2 is 1.58 bits per heavy atom. The molecule has 0 spiro atoms. The molecule has 0 amide bonds. The minimum Gasteiger partial charge on any atom is -0.365 e. The molecule has 0 saturated heterocycles. The summed E-state index contributed by atoms with van der Waals surface area (Å²) in [6.45, 7) is 0. The zero-order valence-electron chi connectivity index (χ0n) is 5.81. The van der Waals surface area contributed by atoms with E-state index in [-0.39, 0.29) is 11.8 Å². The standard InChI is InChI=1S/C5H7Cl5O2/c6-1-3(2-7)12-4(11)5(8,9)10/h3-4,11H,1-2H2. The van der Waals surface area contributed by atoms with Crippen LogP contribution in [-0.2, 0) is 4.74 Å². The predicted molar refractivity (Wildman–Crippen MR) is 52.6 cm³/mol. The lowest BCUT2D eigenvalue weighted by molar-refractivity contribution is -0.119. The summed E-state index contributed by atoms with van der Waals surface area (Å²) in [7, 11) is 0. The van der Waals surface area contributed by atoms with Gasteiger partial charge in [0.25, 0.3) is 0 Å². The van der Waals surface area contributed by atoms with E-state index in [1.54, 1.807) is 0 Å². The third-order valence-corrected chi connectivity index (χ3v) is 2.19. The molecule has 12 heavy (non-hydrogen) atoms. The molecule has 1 atom stereocenters. The highest BCUT2D eigenvalue weighted by atomic mass is 35.6. The third kappa shape index (κ3) is 5.18. The van der Waals surface area contributed by atoms with Crippen LogP contribution in [0.15, 0.2) is 0 Å². The van der Waals surface area contributed by atoms with Gasteiger partial charge >= 0.3 is 0 Å². The van der Waals surface area contributed by atoms with Gasteiger partial charge in [-0.2, -0.15) is 0 Å². The summed E-state index contributed by atoms with van der Waals surface area (Å²) in [5, 5.41) is 9.08. The maximum atomic E-state index is 9.08. The molecule has 0 radical (unpaired) electrons. The molecule has 1 unspecified atom stereocenters. The average molecular weight is 276 g/mol. The molecule has 0 saturated carbocycles. The molecule has 0 aliphatic rings. The first-order chi connectivity index (χ1) is 5.41. The van der Waals surface area contributed by atoms with Crippen LogP contribution in [0.2, 0.25) is 0 Å². The van der Waals surface area contributed by atoms with Crippen molar-refractivity contribution in [3.63, 3.8) is 0 Å². The zero-order valence-corrected chi connectivity index (χ0v) is 9.59. The Labute approximate surface area is 95.6 Å². The Morgan fingerprint density at radius 3 is 1.83 bits per heavy atom. The van der Waals surface area contributed by atoms with Gasteiger partial charge in [-0.1, -0.05) is 34.8 Å². The lowest BCUT2D eigenvalue weighted by Crippen LogP contribution is -2.34. The molecule has 0 aliphatic heterocycles. The van der Waals surface area contributed by atoms with Crippen molar-refractivity contribution in [3.8, 4) is 0 Å². The molecule has 0 heterocycles. The second-order valence-electron chi connectivity index (χ2n) is 1.96. The molecular weight excluding hydrogens is 269 g/mol. The van der Waals surface area contributed by atoms with Gasteiger partial charge in [-0.25, -0.2) is 0 Å². The van der Waals surface area contributed by atoms with Crippen LogP contribution in [0.4, 0.5) is 0 Å². The highest BCUT2D eigenvalue weighted by Crippen LogP contribution is 2.31. The van der Waals surface area contributed by atoms with E-state index in [2.05, 4.69) is 0 Å². The van der Waals surface area contributed by atoms with Crippen molar-refractivity contribution in [2.75, 3.05) is 11.8 Å². The number of halogens is 5. The van der Waals surface area contributed by atoms with Gasteiger partial charge in [0.2, 0.25) is 10.1 Å².